The maximum Gasteiger partial charge on any atom is 0.311 e. The molecule has 0 rings (SSSR count). The number of carbonyl (C=O) groups excluding carboxylic acids is 3. The number of amides is 3. The molecule has 0 aromatic rings. The smallest absolute Gasteiger partial charge is 0.311 e. The van der Waals surface area contributed by atoms with Gasteiger partial charge in [0.2, 0.25) is 5.91 Å². The third-order valence-corrected chi connectivity index (χ3v) is 3.34. The van der Waals surface area contributed by atoms with Gasteiger partial charge in [0.1, 0.15) is 0 Å². The minimum atomic E-state index is -0.743. The zero-order chi connectivity index (χ0) is 17.0. The number of hydrogen-bond acceptors (Lipinski definition) is 4. The average molecular weight is 315 g/mol. The van der Waals surface area contributed by atoms with Crippen LogP contribution in [0.5, 0.6) is 0 Å². The molecule has 0 saturated heterocycles. The summed E-state index contributed by atoms with van der Waals surface area (Å²) >= 11 is 0. The molecule has 7 nitrogen and oxygen atoms in total. The average Bonchev–Trinajstić information content (AvgIpc) is 2.53. The van der Waals surface area contributed by atoms with E-state index in [0.29, 0.717) is 32.8 Å². The van der Waals surface area contributed by atoms with E-state index in [1.807, 2.05) is 20.8 Å². The van der Waals surface area contributed by atoms with Gasteiger partial charge < -0.3 is 19.9 Å². The molecule has 3 amide bonds. The van der Waals surface area contributed by atoms with Crippen LogP contribution in [0, 0.1) is 0 Å². The van der Waals surface area contributed by atoms with E-state index in [-0.39, 0.29) is 12.5 Å². The van der Waals surface area contributed by atoms with Crippen molar-refractivity contribution >= 4 is 17.7 Å². The number of ether oxygens (including phenoxy) is 1. The Kier molecular flexibility index (Phi) is 11.1. The largest absolute Gasteiger partial charge is 0.383 e. The zero-order valence-electron chi connectivity index (χ0n) is 14.2. The summed E-state index contributed by atoms with van der Waals surface area (Å²) in [7, 11) is 1.55. The van der Waals surface area contributed by atoms with Crippen LogP contribution in [0.1, 0.15) is 33.6 Å². The molecule has 0 atom stereocenters. The Hall–Kier alpha value is -1.63. The Morgan fingerprint density at radius 1 is 1.00 bits per heavy atom. The second-order valence-electron chi connectivity index (χ2n) is 4.89. The Bertz CT molecular complexity index is 349. The highest BCUT2D eigenvalue weighted by molar-refractivity contribution is 6.35. The van der Waals surface area contributed by atoms with Crippen LogP contribution < -0.4 is 5.32 Å². The van der Waals surface area contributed by atoms with Gasteiger partial charge in [-0.2, -0.15) is 0 Å². The van der Waals surface area contributed by atoms with E-state index in [9.17, 15) is 14.4 Å². The molecule has 7 heteroatoms. The van der Waals surface area contributed by atoms with Gasteiger partial charge in [-0.25, -0.2) is 0 Å². The maximum absolute atomic E-state index is 12.1. The molecule has 0 radical (unpaired) electrons. The van der Waals surface area contributed by atoms with Gasteiger partial charge in [-0.05, 0) is 20.3 Å². The normalized spacial score (nSPS) is 10.2. The van der Waals surface area contributed by atoms with Crippen LogP contribution in [0.4, 0.5) is 0 Å². The van der Waals surface area contributed by atoms with Crippen molar-refractivity contribution in [3.05, 3.63) is 0 Å². The highest BCUT2D eigenvalue weighted by atomic mass is 16.5. The summed E-state index contributed by atoms with van der Waals surface area (Å²) in [5.74, 6) is -1.55. The predicted molar refractivity (Wildman–Crippen MR) is 84.3 cm³/mol. The van der Waals surface area contributed by atoms with Crippen LogP contribution >= 0.6 is 0 Å². The number of carbonyl (C=O) groups is 3. The van der Waals surface area contributed by atoms with Gasteiger partial charge >= 0.3 is 11.8 Å². The second kappa shape index (κ2) is 12.0. The molecule has 0 aliphatic carbocycles. The van der Waals surface area contributed by atoms with Gasteiger partial charge in [-0.1, -0.05) is 13.3 Å². The van der Waals surface area contributed by atoms with E-state index in [1.54, 1.807) is 12.0 Å². The summed E-state index contributed by atoms with van der Waals surface area (Å²) < 4.78 is 4.95. The van der Waals surface area contributed by atoms with E-state index in [4.69, 9.17) is 4.74 Å². The molecule has 128 valence electrons. The van der Waals surface area contributed by atoms with Crippen LogP contribution in [0.2, 0.25) is 0 Å². The molecular formula is C15H29N3O4. The van der Waals surface area contributed by atoms with Crippen molar-refractivity contribution in [2.24, 2.45) is 0 Å². The molecule has 0 unspecified atom stereocenters. The number of rotatable bonds is 10. The summed E-state index contributed by atoms with van der Waals surface area (Å²) in [4.78, 5) is 38.9. The number of likely N-dealkylation sites (N-methyl/N-ethyl adjacent to an activating group) is 1. The lowest BCUT2D eigenvalue weighted by molar-refractivity contribution is -0.147. The summed E-state index contributed by atoms with van der Waals surface area (Å²) in [6.45, 7) is 8.01. The van der Waals surface area contributed by atoms with Crippen LogP contribution in [0.25, 0.3) is 0 Å². The van der Waals surface area contributed by atoms with Gasteiger partial charge in [0.15, 0.2) is 0 Å². The summed E-state index contributed by atoms with van der Waals surface area (Å²) in [6.07, 6.45) is 1.75. The van der Waals surface area contributed by atoms with Crippen LogP contribution in [0.3, 0.4) is 0 Å². The van der Waals surface area contributed by atoms with Crippen molar-refractivity contribution in [3.8, 4) is 0 Å². The molecule has 0 aromatic heterocycles. The Labute approximate surface area is 133 Å². The quantitative estimate of drug-likeness (QED) is 0.586. The number of hydrogen-bond donors (Lipinski definition) is 1. The van der Waals surface area contributed by atoms with Crippen LogP contribution in [-0.4, -0.2) is 74.0 Å². The second-order valence-corrected chi connectivity index (χ2v) is 4.89. The molecule has 1 N–H and O–H groups in total. The minimum Gasteiger partial charge on any atom is -0.383 e. The number of unbranched alkanes of at least 4 members (excludes halogenated alkanes) is 1. The molecule has 0 saturated carbocycles. The molecule has 0 fully saturated rings. The highest BCUT2D eigenvalue weighted by Gasteiger charge is 2.22. The SMILES string of the molecule is CCCCN(CCOC)C(=O)C(=O)NCC(=O)N(CC)CC. The molecular weight excluding hydrogens is 286 g/mol. The minimum absolute atomic E-state index is 0.155. The first-order chi connectivity index (χ1) is 10.5. The fourth-order valence-corrected chi connectivity index (χ4v) is 1.93. The summed E-state index contributed by atoms with van der Waals surface area (Å²) in [5, 5.41) is 2.40. The fraction of sp³-hybridized carbons (Fsp3) is 0.800. The van der Waals surface area contributed by atoms with Crippen molar-refractivity contribution in [2.45, 2.75) is 33.6 Å². The first kappa shape index (κ1) is 20.4. The summed E-state index contributed by atoms with van der Waals surface area (Å²) in [5.41, 5.74) is 0. The van der Waals surface area contributed by atoms with E-state index < -0.39 is 11.8 Å². The molecule has 0 heterocycles. The topological polar surface area (TPSA) is 79.0 Å². The van der Waals surface area contributed by atoms with Gasteiger partial charge in [-0.15, -0.1) is 0 Å². The lowest BCUT2D eigenvalue weighted by Gasteiger charge is -2.22. The third kappa shape index (κ3) is 7.40. The molecule has 0 aromatic carbocycles. The van der Waals surface area contributed by atoms with Gasteiger partial charge in [0, 0.05) is 33.3 Å². The molecule has 22 heavy (non-hydrogen) atoms. The molecule has 0 spiro atoms. The lowest BCUT2D eigenvalue weighted by atomic mass is 10.3. The standard InChI is InChI=1S/C15H29N3O4/c1-5-8-9-18(10-11-22-4)15(21)14(20)16-12-13(19)17(6-2)7-3/h5-12H2,1-4H3,(H,16,20). The third-order valence-electron chi connectivity index (χ3n) is 3.34. The van der Waals surface area contributed by atoms with E-state index in [0.717, 1.165) is 12.8 Å². The zero-order valence-corrected chi connectivity index (χ0v) is 14.2. The maximum atomic E-state index is 12.1. The van der Waals surface area contributed by atoms with E-state index >= 15 is 0 Å². The molecule has 0 bridgehead atoms. The Balaban J connectivity index is 4.46. The highest BCUT2D eigenvalue weighted by Crippen LogP contribution is 1.97. The predicted octanol–water partition coefficient (Wildman–Crippen LogP) is 0.246. The van der Waals surface area contributed by atoms with Crippen molar-refractivity contribution in [1.29, 1.82) is 0 Å². The number of nitrogens with zero attached hydrogens (tertiary/aromatic N) is 2. The van der Waals surface area contributed by atoms with Crippen LogP contribution in [0.15, 0.2) is 0 Å². The van der Waals surface area contributed by atoms with Gasteiger partial charge in [0.25, 0.3) is 0 Å². The van der Waals surface area contributed by atoms with Crippen molar-refractivity contribution in [1.82, 2.24) is 15.1 Å². The molecule has 0 aliphatic rings. The number of methoxy groups -OCH3 is 1. The fourth-order valence-electron chi connectivity index (χ4n) is 1.93. The van der Waals surface area contributed by atoms with Gasteiger partial charge in [-0.3, -0.25) is 14.4 Å². The Morgan fingerprint density at radius 3 is 2.14 bits per heavy atom. The summed E-state index contributed by atoms with van der Waals surface area (Å²) in [6, 6.07) is 0. The van der Waals surface area contributed by atoms with Crippen LogP contribution in [-0.2, 0) is 19.1 Å². The first-order valence-electron chi connectivity index (χ1n) is 7.85. The molecule has 0 aliphatic heterocycles. The van der Waals surface area contributed by atoms with E-state index in [2.05, 4.69) is 5.32 Å². The van der Waals surface area contributed by atoms with E-state index in [1.165, 1.54) is 4.90 Å². The van der Waals surface area contributed by atoms with Crippen molar-refractivity contribution in [3.63, 3.8) is 0 Å². The lowest BCUT2D eigenvalue weighted by Crippen LogP contribution is -2.47. The number of nitrogens with one attached hydrogen (secondary N) is 1. The monoisotopic (exact) mass is 315 g/mol. The van der Waals surface area contributed by atoms with Gasteiger partial charge in [0.05, 0.1) is 13.2 Å². The first-order valence-corrected chi connectivity index (χ1v) is 7.85. The Morgan fingerprint density at radius 2 is 1.64 bits per heavy atom. The van der Waals surface area contributed by atoms with Crippen molar-refractivity contribution in [2.75, 3.05) is 46.4 Å². The van der Waals surface area contributed by atoms with Crippen molar-refractivity contribution < 1.29 is 19.1 Å².